The van der Waals surface area contributed by atoms with Crippen molar-refractivity contribution in [3.05, 3.63) is 54.1 Å². The van der Waals surface area contributed by atoms with Gasteiger partial charge in [0.25, 0.3) is 0 Å². The lowest BCUT2D eigenvalue weighted by atomic mass is 10.0. The number of nitrogens with two attached hydrogens (primary N) is 1. The number of nitrogens with zero attached hydrogens (tertiary/aromatic N) is 2. The van der Waals surface area contributed by atoms with E-state index in [0.29, 0.717) is 19.4 Å². The van der Waals surface area contributed by atoms with Gasteiger partial charge in [-0.05, 0) is 12.0 Å². The zero-order valence-electron chi connectivity index (χ0n) is 12.3. The number of carbonyl (C=O) groups excluding carboxylic acids is 1. The first-order valence-corrected chi connectivity index (χ1v) is 7.20. The summed E-state index contributed by atoms with van der Waals surface area (Å²) < 4.78 is 1.96. The van der Waals surface area contributed by atoms with E-state index in [4.69, 9.17) is 5.73 Å². The molecule has 2 rings (SSSR count). The molecule has 5 nitrogen and oxygen atoms in total. The highest BCUT2D eigenvalue weighted by Crippen LogP contribution is 2.14. The SMILES string of the molecule is Cn1ccnc1CCNC(=O)CCC(N)c1ccccc1. The molecule has 1 heterocycles. The van der Waals surface area contributed by atoms with Gasteiger partial charge in [0.1, 0.15) is 5.82 Å². The molecule has 0 fully saturated rings. The third-order valence-corrected chi connectivity index (χ3v) is 3.50. The quantitative estimate of drug-likeness (QED) is 0.811. The second-order valence-electron chi connectivity index (χ2n) is 5.11. The Balaban J connectivity index is 1.67. The van der Waals surface area contributed by atoms with E-state index in [1.807, 2.05) is 48.1 Å². The Hall–Kier alpha value is -2.14. The molecule has 0 saturated heterocycles. The molecule has 1 amide bonds. The number of aryl methyl sites for hydroxylation is 1. The lowest BCUT2D eigenvalue weighted by molar-refractivity contribution is -0.121. The third-order valence-electron chi connectivity index (χ3n) is 3.50. The van der Waals surface area contributed by atoms with Gasteiger partial charge in [0.2, 0.25) is 5.91 Å². The van der Waals surface area contributed by atoms with Gasteiger partial charge in [0.05, 0.1) is 0 Å². The molecule has 5 heteroatoms. The van der Waals surface area contributed by atoms with Crippen LogP contribution in [0.15, 0.2) is 42.7 Å². The lowest BCUT2D eigenvalue weighted by Crippen LogP contribution is -2.27. The highest BCUT2D eigenvalue weighted by molar-refractivity contribution is 5.75. The lowest BCUT2D eigenvalue weighted by Gasteiger charge is -2.11. The van der Waals surface area contributed by atoms with Crippen LogP contribution in [0.3, 0.4) is 0 Å². The van der Waals surface area contributed by atoms with E-state index in [1.54, 1.807) is 6.20 Å². The fraction of sp³-hybridized carbons (Fsp3) is 0.375. The number of carbonyl (C=O) groups is 1. The van der Waals surface area contributed by atoms with Crippen LogP contribution < -0.4 is 11.1 Å². The van der Waals surface area contributed by atoms with Crippen molar-refractivity contribution in [3.63, 3.8) is 0 Å². The van der Waals surface area contributed by atoms with Gasteiger partial charge in [-0.1, -0.05) is 30.3 Å². The monoisotopic (exact) mass is 286 g/mol. The molecule has 3 N–H and O–H groups in total. The summed E-state index contributed by atoms with van der Waals surface area (Å²) >= 11 is 0. The summed E-state index contributed by atoms with van der Waals surface area (Å²) in [5.41, 5.74) is 7.14. The first kappa shape index (κ1) is 15.3. The van der Waals surface area contributed by atoms with E-state index in [9.17, 15) is 4.79 Å². The van der Waals surface area contributed by atoms with Crippen LogP contribution >= 0.6 is 0 Å². The maximum Gasteiger partial charge on any atom is 0.220 e. The van der Waals surface area contributed by atoms with Crippen molar-refractivity contribution in [2.75, 3.05) is 6.54 Å². The predicted octanol–water partition coefficient (Wildman–Crippen LogP) is 1.56. The van der Waals surface area contributed by atoms with E-state index < -0.39 is 0 Å². The van der Waals surface area contributed by atoms with E-state index in [2.05, 4.69) is 10.3 Å². The van der Waals surface area contributed by atoms with Crippen LogP contribution in [0.4, 0.5) is 0 Å². The van der Waals surface area contributed by atoms with Crippen molar-refractivity contribution in [2.45, 2.75) is 25.3 Å². The summed E-state index contributed by atoms with van der Waals surface area (Å²) in [7, 11) is 1.95. The minimum atomic E-state index is -0.0912. The Morgan fingerprint density at radius 3 is 2.81 bits per heavy atom. The van der Waals surface area contributed by atoms with Gasteiger partial charge in [-0.15, -0.1) is 0 Å². The molecule has 0 spiro atoms. The number of imidazole rings is 1. The maximum atomic E-state index is 11.8. The minimum Gasteiger partial charge on any atom is -0.356 e. The highest BCUT2D eigenvalue weighted by Gasteiger charge is 2.09. The van der Waals surface area contributed by atoms with Gasteiger partial charge < -0.3 is 15.6 Å². The Kier molecular flexibility index (Phi) is 5.51. The van der Waals surface area contributed by atoms with Gasteiger partial charge in [0.15, 0.2) is 0 Å². The normalized spacial score (nSPS) is 12.1. The number of nitrogens with one attached hydrogen (secondary N) is 1. The van der Waals surface area contributed by atoms with Crippen LogP contribution in [0.25, 0.3) is 0 Å². The highest BCUT2D eigenvalue weighted by atomic mass is 16.1. The Labute approximate surface area is 125 Å². The van der Waals surface area contributed by atoms with E-state index >= 15 is 0 Å². The van der Waals surface area contributed by atoms with Gasteiger partial charge in [-0.25, -0.2) is 4.98 Å². The topological polar surface area (TPSA) is 72.9 Å². The van der Waals surface area contributed by atoms with Crippen molar-refractivity contribution in [1.29, 1.82) is 0 Å². The van der Waals surface area contributed by atoms with Gasteiger partial charge in [-0.2, -0.15) is 0 Å². The second-order valence-corrected chi connectivity index (χ2v) is 5.11. The molecule has 0 aliphatic rings. The summed E-state index contributed by atoms with van der Waals surface area (Å²) in [4.78, 5) is 16.0. The van der Waals surface area contributed by atoms with E-state index in [1.165, 1.54) is 0 Å². The first-order chi connectivity index (χ1) is 10.2. The van der Waals surface area contributed by atoms with Crippen molar-refractivity contribution in [2.24, 2.45) is 12.8 Å². The molecule has 112 valence electrons. The van der Waals surface area contributed by atoms with Gasteiger partial charge in [-0.3, -0.25) is 4.79 Å². The molecular formula is C16H22N4O. The Morgan fingerprint density at radius 1 is 1.38 bits per heavy atom. The molecule has 0 saturated carbocycles. The molecule has 1 aromatic heterocycles. The van der Waals surface area contributed by atoms with Crippen LogP contribution in [0.5, 0.6) is 0 Å². The average molecular weight is 286 g/mol. The molecule has 2 aromatic rings. The molecule has 0 aliphatic carbocycles. The Morgan fingerprint density at radius 2 is 2.14 bits per heavy atom. The standard InChI is InChI=1S/C16H22N4O/c1-20-12-11-18-15(20)9-10-19-16(21)8-7-14(17)13-5-3-2-4-6-13/h2-6,11-12,14H,7-10,17H2,1H3,(H,19,21). The van der Waals surface area contributed by atoms with Crippen LogP contribution in [-0.4, -0.2) is 22.0 Å². The first-order valence-electron chi connectivity index (χ1n) is 7.20. The fourth-order valence-electron chi connectivity index (χ4n) is 2.19. The third kappa shape index (κ3) is 4.72. The predicted molar refractivity (Wildman–Crippen MR) is 82.5 cm³/mol. The summed E-state index contributed by atoms with van der Waals surface area (Å²) in [5, 5.41) is 2.91. The van der Waals surface area contributed by atoms with Crippen LogP contribution in [-0.2, 0) is 18.3 Å². The van der Waals surface area contributed by atoms with E-state index in [-0.39, 0.29) is 11.9 Å². The van der Waals surface area contributed by atoms with Crippen LogP contribution in [0.2, 0.25) is 0 Å². The summed E-state index contributed by atoms with van der Waals surface area (Å²) in [6.45, 7) is 0.601. The van der Waals surface area contributed by atoms with Gasteiger partial charge in [0, 0.05) is 44.9 Å². The van der Waals surface area contributed by atoms with Crippen LogP contribution in [0, 0.1) is 0 Å². The van der Waals surface area contributed by atoms with Crippen molar-refractivity contribution < 1.29 is 4.79 Å². The Bertz CT molecular complexity index is 565. The fourth-order valence-corrected chi connectivity index (χ4v) is 2.19. The van der Waals surface area contributed by atoms with Gasteiger partial charge >= 0.3 is 0 Å². The number of amides is 1. The molecule has 0 bridgehead atoms. The summed E-state index contributed by atoms with van der Waals surface area (Å²) in [6, 6.07) is 9.77. The van der Waals surface area contributed by atoms with Crippen molar-refractivity contribution in [3.8, 4) is 0 Å². The molecule has 1 aromatic carbocycles. The molecular weight excluding hydrogens is 264 g/mol. The average Bonchev–Trinajstić information content (AvgIpc) is 2.91. The summed E-state index contributed by atoms with van der Waals surface area (Å²) in [6.07, 6.45) is 5.49. The number of benzene rings is 1. The summed E-state index contributed by atoms with van der Waals surface area (Å²) in [5.74, 6) is 1.01. The maximum absolute atomic E-state index is 11.8. The molecule has 0 aliphatic heterocycles. The van der Waals surface area contributed by atoms with E-state index in [0.717, 1.165) is 17.8 Å². The minimum absolute atomic E-state index is 0.0376. The number of hydrogen-bond donors (Lipinski definition) is 2. The number of hydrogen-bond acceptors (Lipinski definition) is 3. The largest absolute Gasteiger partial charge is 0.356 e. The molecule has 1 unspecified atom stereocenters. The van der Waals surface area contributed by atoms with Crippen molar-refractivity contribution in [1.82, 2.24) is 14.9 Å². The smallest absolute Gasteiger partial charge is 0.220 e. The van der Waals surface area contributed by atoms with Crippen molar-refractivity contribution >= 4 is 5.91 Å². The molecule has 1 atom stereocenters. The van der Waals surface area contributed by atoms with Crippen LogP contribution in [0.1, 0.15) is 30.3 Å². The number of aromatic nitrogens is 2. The second kappa shape index (κ2) is 7.59. The molecule has 0 radical (unpaired) electrons. The zero-order chi connectivity index (χ0) is 15.1. The zero-order valence-corrected chi connectivity index (χ0v) is 12.3. The number of rotatable bonds is 7. The molecule has 21 heavy (non-hydrogen) atoms.